The highest BCUT2D eigenvalue weighted by Gasteiger charge is 2.32. The highest BCUT2D eigenvalue weighted by atomic mass is 79.9. The Hall–Kier alpha value is -0.840. The van der Waals surface area contributed by atoms with E-state index in [9.17, 15) is 4.79 Å². The second-order valence-corrected chi connectivity index (χ2v) is 4.80. The number of rotatable bonds is 1. The van der Waals surface area contributed by atoms with Crippen LogP contribution in [0.4, 0.5) is 5.88 Å². The van der Waals surface area contributed by atoms with Crippen molar-refractivity contribution in [1.29, 1.82) is 0 Å². The van der Waals surface area contributed by atoms with Crippen LogP contribution in [0.15, 0.2) is 4.52 Å². The van der Waals surface area contributed by atoms with Crippen LogP contribution in [0.25, 0.3) is 0 Å². The molecule has 1 saturated heterocycles. The number of anilines is 1. The molecule has 4 nitrogen and oxygen atoms in total. The number of aromatic nitrogens is 1. The molecule has 0 N–H and O–H groups in total. The van der Waals surface area contributed by atoms with Gasteiger partial charge in [-0.15, -0.1) is 0 Å². The first-order valence-corrected chi connectivity index (χ1v) is 5.38. The average Bonchev–Trinajstić information content (AvgIpc) is 2.59. The number of halogens is 1. The molecule has 1 atom stereocenters. The molecule has 0 aliphatic carbocycles. The summed E-state index contributed by atoms with van der Waals surface area (Å²) in [5.74, 6) is 0.681. The van der Waals surface area contributed by atoms with Gasteiger partial charge in [0.1, 0.15) is 0 Å². The van der Waals surface area contributed by atoms with E-state index in [1.54, 1.807) is 4.90 Å². The van der Waals surface area contributed by atoms with Crippen LogP contribution in [0.5, 0.6) is 0 Å². The summed E-state index contributed by atoms with van der Waals surface area (Å²) in [7, 11) is 0. The lowest BCUT2D eigenvalue weighted by molar-refractivity contribution is -0.117. The van der Waals surface area contributed by atoms with E-state index in [0.717, 1.165) is 11.3 Å². The van der Waals surface area contributed by atoms with Crippen molar-refractivity contribution in [3.05, 3.63) is 11.3 Å². The second kappa shape index (κ2) is 3.38. The first-order chi connectivity index (χ1) is 6.59. The van der Waals surface area contributed by atoms with Crippen LogP contribution in [0.3, 0.4) is 0 Å². The molecular formula is C9H11BrN2O2. The Kier molecular flexibility index (Phi) is 2.34. The van der Waals surface area contributed by atoms with Crippen molar-refractivity contribution in [3.8, 4) is 0 Å². The molecule has 0 aromatic carbocycles. The third kappa shape index (κ3) is 1.45. The number of hydrogen-bond acceptors (Lipinski definition) is 3. The van der Waals surface area contributed by atoms with Crippen LogP contribution in [-0.2, 0) is 4.79 Å². The maximum absolute atomic E-state index is 11.6. The summed E-state index contributed by atoms with van der Waals surface area (Å²) in [6.45, 7) is 4.44. The fraction of sp³-hybridized carbons (Fsp3) is 0.556. The Labute approximate surface area is 90.4 Å². The summed E-state index contributed by atoms with van der Waals surface area (Å²) >= 11 is 3.42. The molecule has 0 spiro atoms. The Morgan fingerprint density at radius 1 is 1.57 bits per heavy atom. The molecule has 1 aromatic heterocycles. The Bertz CT molecular complexity index is 375. The van der Waals surface area contributed by atoms with E-state index in [-0.39, 0.29) is 10.7 Å². The molecule has 1 amide bonds. The third-order valence-corrected chi connectivity index (χ3v) is 3.07. The minimum Gasteiger partial charge on any atom is -0.338 e. The van der Waals surface area contributed by atoms with Crippen LogP contribution in [0.1, 0.15) is 17.7 Å². The first kappa shape index (κ1) is 9.71. The van der Waals surface area contributed by atoms with Crippen LogP contribution in [-0.4, -0.2) is 22.4 Å². The average molecular weight is 259 g/mol. The molecule has 1 unspecified atom stereocenters. The second-order valence-electron chi connectivity index (χ2n) is 3.50. The highest BCUT2D eigenvalue weighted by molar-refractivity contribution is 9.09. The summed E-state index contributed by atoms with van der Waals surface area (Å²) in [5, 5.41) is 3.84. The molecule has 1 aliphatic rings. The highest BCUT2D eigenvalue weighted by Crippen LogP contribution is 2.28. The smallest absolute Gasteiger partial charge is 0.237 e. The van der Waals surface area contributed by atoms with Gasteiger partial charge in [0, 0.05) is 23.4 Å². The van der Waals surface area contributed by atoms with Crippen LogP contribution in [0.2, 0.25) is 0 Å². The molecule has 0 bridgehead atoms. The van der Waals surface area contributed by atoms with E-state index in [1.165, 1.54) is 0 Å². The molecule has 0 saturated carbocycles. The molecule has 76 valence electrons. The van der Waals surface area contributed by atoms with Crippen LogP contribution >= 0.6 is 15.9 Å². The van der Waals surface area contributed by atoms with Gasteiger partial charge in [-0.05, 0) is 13.8 Å². The lowest BCUT2D eigenvalue weighted by Crippen LogP contribution is -2.24. The Morgan fingerprint density at radius 2 is 2.29 bits per heavy atom. The van der Waals surface area contributed by atoms with Crippen molar-refractivity contribution < 1.29 is 9.32 Å². The van der Waals surface area contributed by atoms with Crippen molar-refractivity contribution in [2.75, 3.05) is 11.4 Å². The molecule has 1 fully saturated rings. The lowest BCUT2D eigenvalue weighted by Gasteiger charge is -2.11. The number of carbonyl (C=O) groups is 1. The van der Waals surface area contributed by atoms with Gasteiger partial charge >= 0.3 is 0 Å². The van der Waals surface area contributed by atoms with E-state index < -0.39 is 0 Å². The quantitative estimate of drug-likeness (QED) is 0.722. The summed E-state index contributed by atoms with van der Waals surface area (Å²) in [6, 6.07) is 0. The molecule has 5 heteroatoms. The monoisotopic (exact) mass is 258 g/mol. The van der Waals surface area contributed by atoms with Crippen LogP contribution < -0.4 is 4.90 Å². The van der Waals surface area contributed by atoms with E-state index >= 15 is 0 Å². The van der Waals surface area contributed by atoms with E-state index in [0.29, 0.717) is 18.8 Å². The van der Waals surface area contributed by atoms with Gasteiger partial charge in [0.15, 0.2) is 0 Å². The SMILES string of the molecule is Cc1noc(N2CC(Br)CC2=O)c1C. The fourth-order valence-electron chi connectivity index (χ4n) is 1.52. The number of alkyl halides is 1. The Morgan fingerprint density at radius 3 is 2.71 bits per heavy atom. The van der Waals surface area contributed by atoms with E-state index in [4.69, 9.17) is 4.52 Å². The van der Waals surface area contributed by atoms with Gasteiger partial charge < -0.3 is 4.52 Å². The van der Waals surface area contributed by atoms with Crippen molar-refractivity contribution >= 4 is 27.7 Å². The summed E-state index contributed by atoms with van der Waals surface area (Å²) in [6.07, 6.45) is 0.527. The van der Waals surface area contributed by atoms with Gasteiger partial charge in [0.2, 0.25) is 11.8 Å². The summed E-state index contributed by atoms with van der Waals surface area (Å²) in [4.78, 5) is 13.4. The van der Waals surface area contributed by atoms with Crippen molar-refractivity contribution in [2.45, 2.75) is 25.1 Å². The van der Waals surface area contributed by atoms with E-state index in [1.807, 2.05) is 13.8 Å². The number of nitrogens with zero attached hydrogens (tertiary/aromatic N) is 2. The minimum absolute atomic E-state index is 0.0890. The maximum Gasteiger partial charge on any atom is 0.237 e. The maximum atomic E-state index is 11.6. The Balaban J connectivity index is 2.32. The van der Waals surface area contributed by atoms with Crippen molar-refractivity contribution in [1.82, 2.24) is 5.16 Å². The van der Waals surface area contributed by atoms with Gasteiger partial charge in [-0.1, -0.05) is 21.1 Å². The molecule has 1 aromatic rings. The normalized spacial score (nSPS) is 22.1. The zero-order valence-corrected chi connectivity index (χ0v) is 9.67. The first-order valence-electron chi connectivity index (χ1n) is 4.47. The fourth-order valence-corrected chi connectivity index (χ4v) is 2.08. The van der Waals surface area contributed by atoms with Crippen molar-refractivity contribution in [3.63, 3.8) is 0 Å². The van der Waals surface area contributed by atoms with Gasteiger partial charge in [0.05, 0.1) is 5.69 Å². The van der Waals surface area contributed by atoms with E-state index in [2.05, 4.69) is 21.1 Å². The zero-order chi connectivity index (χ0) is 10.3. The number of aryl methyl sites for hydroxylation is 1. The predicted octanol–water partition coefficient (Wildman–Crippen LogP) is 1.79. The van der Waals surface area contributed by atoms with Crippen molar-refractivity contribution in [2.24, 2.45) is 0 Å². The van der Waals surface area contributed by atoms with Gasteiger partial charge in [-0.3, -0.25) is 9.69 Å². The van der Waals surface area contributed by atoms with Crippen LogP contribution in [0, 0.1) is 13.8 Å². The minimum atomic E-state index is 0.0890. The number of carbonyl (C=O) groups excluding carboxylic acids is 1. The zero-order valence-electron chi connectivity index (χ0n) is 8.08. The lowest BCUT2D eigenvalue weighted by atomic mass is 10.3. The standard InChI is InChI=1S/C9H11BrN2O2/c1-5-6(2)11-14-9(5)12-4-7(10)3-8(12)13/h7H,3-4H2,1-2H3. The third-order valence-electron chi connectivity index (χ3n) is 2.46. The topological polar surface area (TPSA) is 46.3 Å². The molecule has 1 aliphatic heterocycles. The molecule has 0 radical (unpaired) electrons. The van der Waals surface area contributed by atoms with Gasteiger partial charge in [-0.2, -0.15) is 0 Å². The molecule has 2 heterocycles. The summed E-state index contributed by atoms with van der Waals surface area (Å²) in [5.41, 5.74) is 1.78. The molecule has 14 heavy (non-hydrogen) atoms. The van der Waals surface area contributed by atoms with Gasteiger partial charge in [-0.25, -0.2) is 0 Å². The molecular weight excluding hydrogens is 248 g/mol. The summed E-state index contributed by atoms with van der Waals surface area (Å²) < 4.78 is 5.13. The largest absolute Gasteiger partial charge is 0.338 e. The number of hydrogen-bond donors (Lipinski definition) is 0. The molecule has 2 rings (SSSR count). The number of amides is 1. The van der Waals surface area contributed by atoms with Gasteiger partial charge in [0.25, 0.3) is 0 Å². The predicted molar refractivity (Wildman–Crippen MR) is 55.7 cm³/mol.